The van der Waals surface area contributed by atoms with Crippen LogP contribution in [0.1, 0.15) is 25.0 Å². The standard InChI is InChI=1S/C27H32N4O7S3/c32-27(29-38-25-11-5-7-18-37-25)23-20-30(40(33,34)19-14-22-10-4-6-15-28-22)16-17-31(23)41(35,36)26-13-12-24(39-26)21-8-2-1-3-9-21/h1-4,6,8-10,12-13,15,23,25H,5,7,11,14,16-20H2,(H,29,32)/t23-,25?/m1/s1. The van der Waals surface area contributed by atoms with Crippen LogP contribution in [0.4, 0.5) is 0 Å². The number of ether oxygens (including phenoxy) is 1. The van der Waals surface area contributed by atoms with E-state index in [0.29, 0.717) is 18.7 Å². The quantitative estimate of drug-likeness (QED) is 0.342. The third-order valence-corrected chi connectivity index (χ3v) is 12.3. The first kappa shape index (κ1) is 29.8. The molecule has 1 unspecified atom stereocenters. The van der Waals surface area contributed by atoms with Crippen molar-refractivity contribution in [3.05, 3.63) is 72.6 Å². The summed E-state index contributed by atoms with van der Waals surface area (Å²) in [7, 11) is -7.96. The zero-order valence-electron chi connectivity index (χ0n) is 22.3. The lowest BCUT2D eigenvalue weighted by Gasteiger charge is -2.38. The van der Waals surface area contributed by atoms with Crippen molar-refractivity contribution in [2.75, 3.05) is 32.0 Å². The molecule has 0 bridgehead atoms. The molecule has 0 radical (unpaired) electrons. The highest BCUT2D eigenvalue weighted by Gasteiger charge is 2.44. The van der Waals surface area contributed by atoms with Crippen LogP contribution < -0.4 is 5.48 Å². The summed E-state index contributed by atoms with van der Waals surface area (Å²) in [4.78, 5) is 23.8. The molecule has 5 rings (SSSR count). The van der Waals surface area contributed by atoms with E-state index in [1.165, 1.54) is 10.4 Å². The minimum Gasteiger partial charge on any atom is -0.350 e. The van der Waals surface area contributed by atoms with Crippen molar-refractivity contribution in [2.45, 2.75) is 42.2 Å². The fourth-order valence-electron chi connectivity index (χ4n) is 4.73. The first-order chi connectivity index (χ1) is 19.7. The van der Waals surface area contributed by atoms with Gasteiger partial charge < -0.3 is 4.74 Å². The van der Waals surface area contributed by atoms with Gasteiger partial charge >= 0.3 is 0 Å². The Morgan fingerprint density at radius 2 is 1.83 bits per heavy atom. The van der Waals surface area contributed by atoms with E-state index < -0.39 is 38.3 Å². The number of nitrogens with one attached hydrogen (secondary N) is 1. The van der Waals surface area contributed by atoms with Crippen molar-refractivity contribution in [2.24, 2.45) is 0 Å². The lowest BCUT2D eigenvalue weighted by molar-refractivity contribution is -0.202. The van der Waals surface area contributed by atoms with Gasteiger partial charge in [0, 0.05) is 55.9 Å². The number of rotatable bonds is 10. The Kier molecular flexibility index (Phi) is 9.49. The minimum atomic E-state index is -4.14. The molecule has 2 aliphatic heterocycles. The zero-order chi connectivity index (χ0) is 28.9. The molecule has 0 saturated carbocycles. The number of carbonyl (C=O) groups is 1. The molecular formula is C27H32N4O7S3. The second kappa shape index (κ2) is 13.1. The Bertz CT molecular complexity index is 1530. The number of aryl methyl sites for hydroxylation is 1. The molecule has 1 amide bonds. The molecular weight excluding hydrogens is 589 g/mol. The molecule has 2 aromatic heterocycles. The van der Waals surface area contributed by atoms with Gasteiger partial charge in [-0.15, -0.1) is 11.3 Å². The summed E-state index contributed by atoms with van der Waals surface area (Å²) < 4.78 is 62.0. The van der Waals surface area contributed by atoms with Gasteiger partial charge in [0.15, 0.2) is 6.29 Å². The molecule has 41 heavy (non-hydrogen) atoms. The fraction of sp³-hybridized carbons (Fsp3) is 0.407. The SMILES string of the molecule is O=C(NOC1CCCCO1)[C@H]1CN(S(=O)(=O)CCc2ccccn2)CCN1S(=O)(=O)c1ccc(-c2ccccc2)s1. The third kappa shape index (κ3) is 7.20. The first-order valence-corrected chi connectivity index (χ1v) is 17.2. The molecule has 1 N–H and O–H groups in total. The van der Waals surface area contributed by atoms with E-state index >= 15 is 0 Å². The number of nitrogens with zero attached hydrogens (tertiary/aromatic N) is 3. The minimum absolute atomic E-state index is 0.0668. The van der Waals surface area contributed by atoms with E-state index in [9.17, 15) is 21.6 Å². The van der Waals surface area contributed by atoms with Crippen molar-refractivity contribution in [3.63, 3.8) is 0 Å². The predicted octanol–water partition coefficient (Wildman–Crippen LogP) is 2.63. The normalized spacial score (nSPS) is 21.0. The predicted molar refractivity (Wildman–Crippen MR) is 154 cm³/mol. The fourth-order valence-corrected chi connectivity index (χ4v) is 9.20. The molecule has 2 atom stereocenters. The first-order valence-electron chi connectivity index (χ1n) is 13.4. The maximum Gasteiger partial charge on any atom is 0.263 e. The number of sulfonamides is 2. The number of thiophene rings is 1. The van der Waals surface area contributed by atoms with Crippen LogP contribution in [0.3, 0.4) is 0 Å². The summed E-state index contributed by atoms with van der Waals surface area (Å²) in [6, 6.07) is 16.6. The average Bonchev–Trinajstić information content (AvgIpc) is 3.52. The van der Waals surface area contributed by atoms with E-state index in [1.54, 1.807) is 30.5 Å². The summed E-state index contributed by atoms with van der Waals surface area (Å²) in [5, 5.41) is 0. The van der Waals surface area contributed by atoms with Gasteiger partial charge in [-0.3, -0.25) is 9.78 Å². The highest BCUT2D eigenvalue weighted by atomic mass is 32.2. The molecule has 3 aromatic rings. The van der Waals surface area contributed by atoms with Gasteiger partial charge in [0.05, 0.1) is 5.75 Å². The van der Waals surface area contributed by atoms with Crippen LogP contribution in [-0.4, -0.2) is 80.7 Å². The zero-order valence-corrected chi connectivity index (χ0v) is 24.7. The van der Waals surface area contributed by atoms with Crippen LogP contribution in [0, 0.1) is 0 Å². The van der Waals surface area contributed by atoms with E-state index in [-0.39, 0.29) is 36.0 Å². The Morgan fingerprint density at radius 3 is 2.56 bits per heavy atom. The number of carbonyl (C=O) groups excluding carboxylic acids is 1. The molecule has 2 fully saturated rings. The van der Waals surface area contributed by atoms with Gasteiger partial charge in [-0.25, -0.2) is 27.2 Å². The second-order valence-electron chi connectivity index (χ2n) is 9.74. The Morgan fingerprint density at radius 1 is 1.02 bits per heavy atom. The van der Waals surface area contributed by atoms with Crippen molar-refractivity contribution < 1.29 is 31.2 Å². The topological polar surface area (TPSA) is 135 Å². The highest BCUT2D eigenvalue weighted by molar-refractivity contribution is 7.91. The van der Waals surface area contributed by atoms with Crippen molar-refractivity contribution in [1.29, 1.82) is 0 Å². The number of hydrogen-bond acceptors (Lipinski definition) is 9. The summed E-state index contributed by atoms with van der Waals surface area (Å²) in [5.41, 5.74) is 3.84. The molecule has 0 aliphatic carbocycles. The summed E-state index contributed by atoms with van der Waals surface area (Å²) in [5.74, 6) is -0.977. The van der Waals surface area contributed by atoms with Crippen LogP contribution in [0.15, 0.2) is 71.1 Å². The molecule has 0 spiro atoms. The number of benzene rings is 1. The van der Waals surface area contributed by atoms with Gasteiger partial charge in [-0.05, 0) is 42.7 Å². The average molecular weight is 621 g/mol. The number of amides is 1. The molecule has 2 aliphatic rings. The van der Waals surface area contributed by atoms with Gasteiger partial charge in [0.2, 0.25) is 10.0 Å². The van der Waals surface area contributed by atoms with Crippen LogP contribution in [0.25, 0.3) is 10.4 Å². The van der Waals surface area contributed by atoms with E-state index in [1.807, 2.05) is 30.3 Å². The lowest BCUT2D eigenvalue weighted by Crippen LogP contribution is -2.61. The van der Waals surface area contributed by atoms with Gasteiger partial charge in [0.1, 0.15) is 10.3 Å². The monoisotopic (exact) mass is 620 g/mol. The Labute approximate surface area is 244 Å². The van der Waals surface area contributed by atoms with Crippen molar-refractivity contribution >= 4 is 37.3 Å². The second-order valence-corrected chi connectivity index (χ2v) is 15.0. The van der Waals surface area contributed by atoms with E-state index in [2.05, 4.69) is 10.5 Å². The summed E-state index contributed by atoms with van der Waals surface area (Å²) in [6.07, 6.45) is 3.48. The summed E-state index contributed by atoms with van der Waals surface area (Å²) >= 11 is 1.10. The number of hydrogen-bond donors (Lipinski definition) is 1. The highest BCUT2D eigenvalue weighted by Crippen LogP contribution is 2.33. The van der Waals surface area contributed by atoms with Crippen LogP contribution in [-0.2, 0) is 40.8 Å². The van der Waals surface area contributed by atoms with Gasteiger partial charge in [0.25, 0.3) is 15.9 Å². The molecule has 14 heteroatoms. The maximum absolute atomic E-state index is 13.8. The molecule has 2 saturated heterocycles. The molecule has 220 valence electrons. The lowest BCUT2D eigenvalue weighted by atomic mass is 10.2. The Hall–Kier alpha value is -2.72. The number of aromatic nitrogens is 1. The van der Waals surface area contributed by atoms with Crippen molar-refractivity contribution in [3.8, 4) is 10.4 Å². The Balaban J connectivity index is 1.36. The van der Waals surface area contributed by atoms with Crippen molar-refractivity contribution in [1.82, 2.24) is 19.1 Å². The molecule has 1 aromatic carbocycles. The van der Waals surface area contributed by atoms with Crippen LogP contribution in [0.5, 0.6) is 0 Å². The van der Waals surface area contributed by atoms with Crippen LogP contribution >= 0.6 is 11.3 Å². The van der Waals surface area contributed by atoms with Gasteiger partial charge in [-0.2, -0.15) is 8.61 Å². The molecule has 11 nitrogen and oxygen atoms in total. The third-order valence-electron chi connectivity index (χ3n) is 6.96. The summed E-state index contributed by atoms with van der Waals surface area (Å²) in [6.45, 7) is -0.130. The molecule has 4 heterocycles. The number of hydroxylamine groups is 1. The van der Waals surface area contributed by atoms with Gasteiger partial charge in [-0.1, -0.05) is 36.4 Å². The number of pyridine rings is 1. The van der Waals surface area contributed by atoms with Crippen LogP contribution in [0.2, 0.25) is 0 Å². The van der Waals surface area contributed by atoms with E-state index in [0.717, 1.165) is 38.9 Å². The number of piperazine rings is 1. The largest absolute Gasteiger partial charge is 0.350 e. The maximum atomic E-state index is 13.8. The smallest absolute Gasteiger partial charge is 0.263 e. The van der Waals surface area contributed by atoms with E-state index in [4.69, 9.17) is 9.57 Å².